The molecule has 6 heteroatoms. The van der Waals surface area contributed by atoms with Gasteiger partial charge >= 0.3 is 5.97 Å². The van der Waals surface area contributed by atoms with Crippen LogP contribution < -0.4 is 5.73 Å². The summed E-state index contributed by atoms with van der Waals surface area (Å²) in [6, 6.07) is 3.40. The van der Waals surface area contributed by atoms with Crippen molar-refractivity contribution in [2.45, 2.75) is 39.8 Å². The summed E-state index contributed by atoms with van der Waals surface area (Å²) >= 11 is 0. The fourth-order valence-corrected chi connectivity index (χ4v) is 2.17. The molecule has 5 nitrogen and oxygen atoms in total. The Balaban J connectivity index is 2.70. The van der Waals surface area contributed by atoms with Gasteiger partial charge in [-0.3, -0.25) is 4.79 Å². The third kappa shape index (κ3) is 4.44. The van der Waals surface area contributed by atoms with Crippen molar-refractivity contribution in [3.05, 3.63) is 29.6 Å². The Hall–Kier alpha value is -2.11. The first-order valence-corrected chi connectivity index (χ1v) is 6.77. The molecule has 0 radical (unpaired) electrons. The Labute approximate surface area is 123 Å². The molecule has 0 aliphatic heterocycles. The normalized spacial score (nSPS) is 10.8. The second-order valence-corrected chi connectivity index (χ2v) is 5.30. The molecular formula is C15H21FN2O3. The van der Waals surface area contributed by atoms with Gasteiger partial charge < -0.3 is 15.4 Å². The lowest BCUT2D eigenvalue weighted by atomic mass is 10.2. The SMILES string of the molecule is CC(C)N(C(=O)COC(=O)c1ccc(F)cc1N)C(C)C. The number of nitrogens with two attached hydrogens (primary N) is 1. The molecule has 0 aromatic heterocycles. The number of anilines is 1. The van der Waals surface area contributed by atoms with E-state index in [4.69, 9.17) is 10.5 Å². The van der Waals surface area contributed by atoms with E-state index in [1.54, 1.807) is 4.90 Å². The van der Waals surface area contributed by atoms with E-state index in [0.717, 1.165) is 12.1 Å². The number of hydrogen-bond acceptors (Lipinski definition) is 4. The summed E-state index contributed by atoms with van der Waals surface area (Å²) < 4.78 is 17.9. The van der Waals surface area contributed by atoms with Crippen molar-refractivity contribution >= 4 is 17.6 Å². The Morgan fingerprint density at radius 1 is 1.24 bits per heavy atom. The number of halogens is 1. The molecule has 0 bridgehead atoms. The molecule has 1 aromatic rings. The summed E-state index contributed by atoms with van der Waals surface area (Å²) in [5.41, 5.74) is 5.58. The fraction of sp³-hybridized carbons (Fsp3) is 0.467. The zero-order valence-corrected chi connectivity index (χ0v) is 12.7. The summed E-state index contributed by atoms with van der Waals surface area (Å²) in [5, 5.41) is 0. The van der Waals surface area contributed by atoms with Crippen LogP contribution in [0.25, 0.3) is 0 Å². The smallest absolute Gasteiger partial charge is 0.340 e. The van der Waals surface area contributed by atoms with Crippen LogP contribution in [0.5, 0.6) is 0 Å². The van der Waals surface area contributed by atoms with Gasteiger partial charge in [0.25, 0.3) is 5.91 Å². The minimum absolute atomic E-state index is 0.00657. The predicted octanol–water partition coefficient (Wildman–Crippen LogP) is 2.21. The topological polar surface area (TPSA) is 72.6 Å². The van der Waals surface area contributed by atoms with Crippen molar-refractivity contribution in [2.24, 2.45) is 0 Å². The van der Waals surface area contributed by atoms with Crippen molar-refractivity contribution in [3.63, 3.8) is 0 Å². The van der Waals surface area contributed by atoms with Gasteiger partial charge in [-0.15, -0.1) is 0 Å². The fourth-order valence-electron chi connectivity index (χ4n) is 2.17. The number of benzene rings is 1. The van der Waals surface area contributed by atoms with Crippen LogP contribution in [-0.2, 0) is 9.53 Å². The molecule has 0 saturated heterocycles. The highest BCUT2D eigenvalue weighted by molar-refractivity contribution is 5.96. The van der Waals surface area contributed by atoms with E-state index in [9.17, 15) is 14.0 Å². The maximum Gasteiger partial charge on any atom is 0.340 e. The maximum absolute atomic E-state index is 12.9. The van der Waals surface area contributed by atoms with Crippen LogP contribution in [-0.4, -0.2) is 35.5 Å². The molecule has 2 N–H and O–H groups in total. The third-order valence-electron chi connectivity index (χ3n) is 2.96. The quantitative estimate of drug-likeness (QED) is 0.668. The van der Waals surface area contributed by atoms with E-state index in [-0.39, 0.29) is 35.8 Å². The maximum atomic E-state index is 12.9. The minimum Gasteiger partial charge on any atom is -0.452 e. The summed E-state index contributed by atoms with van der Waals surface area (Å²) in [6.45, 7) is 7.18. The molecule has 0 aliphatic carbocycles. The Morgan fingerprint density at radius 3 is 2.29 bits per heavy atom. The number of nitrogens with zero attached hydrogens (tertiary/aromatic N) is 1. The van der Waals surface area contributed by atoms with Crippen LogP contribution in [0.1, 0.15) is 38.1 Å². The number of amides is 1. The largest absolute Gasteiger partial charge is 0.452 e. The van der Waals surface area contributed by atoms with Gasteiger partial charge in [-0.05, 0) is 45.9 Å². The highest BCUT2D eigenvalue weighted by atomic mass is 19.1. The molecule has 0 spiro atoms. The Morgan fingerprint density at radius 2 is 1.81 bits per heavy atom. The lowest BCUT2D eigenvalue weighted by Gasteiger charge is -2.30. The number of hydrogen-bond donors (Lipinski definition) is 1. The Bertz CT molecular complexity index is 522. The highest BCUT2D eigenvalue weighted by Gasteiger charge is 2.22. The number of esters is 1. The van der Waals surface area contributed by atoms with Crippen LogP contribution >= 0.6 is 0 Å². The van der Waals surface area contributed by atoms with E-state index in [1.807, 2.05) is 27.7 Å². The molecule has 1 rings (SSSR count). The van der Waals surface area contributed by atoms with Gasteiger partial charge in [-0.2, -0.15) is 0 Å². The van der Waals surface area contributed by atoms with Gasteiger partial charge in [0.15, 0.2) is 6.61 Å². The van der Waals surface area contributed by atoms with Crippen LogP contribution in [0, 0.1) is 5.82 Å². The molecule has 1 aromatic carbocycles. The minimum atomic E-state index is -0.742. The summed E-state index contributed by atoms with van der Waals surface area (Å²) in [5.74, 6) is -1.56. The zero-order valence-electron chi connectivity index (χ0n) is 12.7. The van der Waals surface area contributed by atoms with Gasteiger partial charge in [-0.1, -0.05) is 0 Å². The number of carbonyl (C=O) groups excluding carboxylic acids is 2. The van der Waals surface area contributed by atoms with Gasteiger partial charge in [0.1, 0.15) is 5.82 Å². The second kappa shape index (κ2) is 7.06. The van der Waals surface area contributed by atoms with Crippen LogP contribution in [0.15, 0.2) is 18.2 Å². The number of nitrogen functional groups attached to an aromatic ring is 1. The number of carbonyl (C=O) groups is 2. The molecule has 0 atom stereocenters. The first kappa shape index (κ1) is 16.9. The van der Waals surface area contributed by atoms with Gasteiger partial charge in [0, 0.05) is 17.8 Å². The highest BCUT2D eigenvalue weighted by Crippen LogP contribution is 2.15. The average molecular weight is 296 g/mol. The molecule has 0 fully saturated rings. The van der Waals surface area contributed by atoms with E-state index >= 15 is 0 Å². The van der Waals surface area contributed by atoms with Crippen molar-refractivity contribution < 1.29 is 18.7 Å². The molecule has 1 amide bonds. The lowest BCUT2D eigenvalue weighted by molar-refractivity contribution is -0.138. The first-order valence-electron chi connectivity index (χ1n) is 6.77. The van der Waals surface area contributed by atoms with Crippen LogP contribution in [0.4, 0.5) is 10.1 Å². The molecule has 116 valence electrons. The van der Waals surface area contributed by atoms with E-state index < -0.39 is 11.8 Å². The van der Waals surface area contributed by atoms with Gasteiger partial charge in [0.05, 0.1) is 5.56 Å². The van der Waals surface area contributed by atoms with E-state index in [1.165, 1.54) is 6.07 Å². The predicted molar refractivity (Wildman–Crippen MR) is 78.2 cm³/mol. The van der Waals surface area contributed by atoms with Gasteiger partial charge in [0.2, 0.25) is 0 Å². The molecule has 0 saturated carbocycles. The standard InChI is InChI=1S/C15H21FN2O3/c1-9(2)18(10(3)4)14(19)8-21-15(20)12-6-5-11(16)7-13(12)17/h5-7,9-10H,8,17H2,1-4H3. The van der Waals surface area contributed by atoms with Gasteiger partial charge in [-0.25, -0.2) is 9.18 Å². The van der Waals surface area contributed by atoms with Crippen molar-refractivity contribution in [1.82, 2.24) is 4.90 Å². The zero-order chi connectivity index (χ0) is 16.2. The second-order valence-electron chi connectivity index (χ2n) is 5.30. The summed E-state index contributed by atoms with van der Waals surface area (Å²) in [6.07, 6.45) is 0. The van der Waals surface area contributed by atoms with Crippen molar-refractivity contribution in [2.75, 3.05) is 12.3 Å². The molecule has 0 unspecified atom stereocenters. The first-order chi connectivity index (χ1) is 9.73. The van der Waals surface area contributed by atoms with Crippen molar-refractivity contribution in [1.29, 1.82) is 0 Å². The number of rotatable bonds is 5. The molecule has 21 heavy (non-hydrogen) atoms. The van der Waals surface area contributed by atoms with Crippen LogP contribution in [0.2, 0.25) is 0 Å². The number of ether oxygens (including phenoxy) is 1. The molecule has 0 aliphatic rings. The van der Waals surface area contributed by atoms with Crippen molar-refractivity contribution in [3.8, 4) is 0 Å². The Kier molecular flexibility index (Phi) is 5.69. The molecule has 0 heterocycles. The molecular weight excluding hydrogens is 275 g/mol. The lowest BCUT2D eigenvalue weighted by Crippen LogP contribution is -2.44. The van der Waals surface area contributed by atoms with E-state index in [2.05, 4.69) is 0 Å². The van der Waals surface area contributed by atoms with E-state index in [0.29, 0.717) is 0 Å². The monoisotopic (exact) mass is 296 g/mol. The average Bonchev–Trinajstić information content (AvgIpc) is 2.35. The summed E-state index contributed by atoms with van der Waals surface area (Å²) in [4.78, 5) is 25.5. The summed E-state index contributed by atoms with van der Waals surface area (Å²) in [7, 11) is 0. The third-order valence-corrected chi connectivity index (χ3v) is 2.96. The van der Waals surface area contributed by atoms with Crippen LogP contribution in [0.3, 0.4) is 0 Å².